The molecule has 0 fully saturated rings. The first-order valence-corrected chi connectivity index (χ1v) is 7.07. The quantitative estimate of drug-likeness (QED) is 0.880. The number of hydrogen-bond acceptors (Lipinski definition) is 1. The highest BCUT2D eigenvalue weighted by molar-refractivity contribution is 9.10. The molecule has 0 saturated carbocycles. The van der Waals surface area contributed by atoms with Gasteiger partial charge in [-0.2, -0.15) is 0 Å². The van der Waals surface area contributed by atoms with E-state index in [1.54, 1.807) is 12.1 Å². The maximum atomic E-state index is 13.2. The Labute approximate surface area is 122 Å². The fourth-order valence-electron chi connectivity index (χ4n) is 2.17. The molecule has 1 N–H and O–H groups in total. The molecule has 0 amide bonds. The summed E-state index contributed by atoms with van der Waals surface area (Å²) in [5.41, 5.74) is 3.42. The van der Waals surface area contributed by atoms with E-state index in [1.807, 2.05) is 13.1 Å². The third kappa shape index (κ3) is 3.64. The summed E-state index contributed by atoms with van der Waals surface area (Å²) in [5.74, 6) is -0.181. The second-order valence-corrected chi connectivity index (χ2v) is 5.54. The van der Waals surface area contributed by atoms with E-state index in [4.69, 9.17) is 0 Å². The summed E-state index contributed by atoms with van der Waals surface area (Å²) in [5, 5.41) is 3.30. The molecule has 2 rings (SSSR count). The summed E-state index contributed by atoms with van der Waals surface area (Å²) in [4.78, 5) is 0. The van der Waals surface area contributed by atoms with Crippen LogP contribution >= 0.6 is 15.9 Å². The fraction of sp³-hybridized carbons (Fsp3) is 0.250. The van der Waals surface area contributed by atoms with Gasteiger partial charge in [-0.3, -0.25) is 0 Å². The maximum absolute atomic E-state index is 13.2. The minimum absolute atomic E-state index is 0.181. The van der Waals surface area contributed by atoms with Crippen LogP contribution in [0.4, 0.5) is 4.39 Å². The first-order chi connectivity index (χ1) is 9.10. The molecule has 1 atom stereocenters. The molecule has 0 heterocycles. The van der Waals surface area contributed by atoms with Crippen molar-refractivity contribution in [2.75, 3.05) is 7.05 Å². The predicted molar refractivity (Wildman–Crippen MR) is 80.8 cm³/mol. The van der Waals surface area contributed by atoms with E-state index in [0.717, 1.165) is 16.5 Å². The van der Waals surface area contributed by atoms with E-state index in [1.165, 1.54) is 17.2 Å². The van der Waals surface area contributed by atoms with Crippen LogP contribution in [-0.2, 0) is 6.42 Å². The zero-order valence-corrected chi connectivity index (χ0v) is 12.7. The first-order valence-electron chi connectivity index (χ1n) is 6.28. The highest BCUT2D eigenvalue weighted by Crippen LogP contribution is 2.23. The molecule has 0 radical (unpaired) electrons. The molecule has 19 heavy (non-hydrogen) atoms. The third-order valence-electron chi connectivity index (χ3n) is 3.26. The number of likely N-dealkylation sites (N-methyl/N-ethyl adjacent to an activating group) is 1. The normalized spacial score (nSPS) is 12.4. The second-order valence-electron chi connectivity index (χ2n) is 4.68. The van der Waals surface area contributed by atoms with Gasteiger partial charge in [0, 0.05) is 10.5 Å². The van der Waals surface area contributed by atoms with Crippen molar-refractivity contribution >= 4 is 15.9 Å². The molecule has 100 valence electrons. The Morgan fingerprint density at radius 2 is 2.00 bits per heavy atom. The van der Waals surface area contributed by atoms with Crippen LogP contribution in [0.25, 0.3) is 0 Å². The van der Waals surface area contributed by atoms with Crippen LogP contribution in [0.3, 0.4) is 0 Å². The van der Waals surface area contributed by atoms with E-state index >= 15 is 0 Å². The average Bonchev–Trinajstić information content (AvgIpc) is 2.39. The Bertz CT molecular complexity index is 568. The lowest BCUT2D eigenvalue weighted by molar-refractivity contribution is 0.584. The van der Waals surface area contributed by atoms with Gasteiger partial charge in [-0.05, 0) is 55.3 Å². The molecule has 0 spiro atoms. The van der Waals surface area contributed by atoms with Crippen molar-refractivity contribution in [1.29, 1.82) is 0 Å². The van der Waals surface area contributed by atoms with Gasteiger partial charge in [0.1, 0.15) is 5.82 Å². The van der Waals surface area contributed by atoms with E-state index < -0.39 is 0 Å². The predicted octanol–water partition coefficient (Wildman–Crippen LogP) is 4.40. The van der Waals surface area contributed by atoms with Gasteiger partial charge < -0.3 is 5.32 Å². The summed E-state index contributed by atoms with van der Waals surface area (Å²) in [6.07, 6.45) is 0.773. The van der Waals surface area contributed by atoms with Crippen LogP contribution in [0.1, 0.15) is 22.7 Å². The van der Waals surface area contributed by atoms with Crippen molar-refractivity contribution in [2.24, 2.45) is 0 Å². The summed E-state index contributed by atoms with van der Waals surface area (Å²) >= 11 is 3.51. The minimum Gasteiger partial charge on any atom is -0.313 e. The number of halogens is 2. The van der Waals surface area contributed by atoms with E-state index in [2.05, 4.69) is 46.4 Å². The smallest absolute Gasteiger partial charge is 0.123 e. The van der Waals surface area contributed by atoms with Gasteiger partial charge >= 0.3 is 0 Å². The molecule has 3 heteroatoms. The Balaban J connectivity index is 2.22. The lowest BCUT2D eigenvalue weighted by atomic mass is 9.98. The van der Waals surface area contributed by atoms with Crippen molar-refractivity contribution < 1.29 is 4.39 Å². The highest BCUT2D eigenvalue weighted by atomic mass is 79.9. The molecule has 0 saturated heterocycles. The van der Waals surface area contributed by atoms with Gasteiger partial charge in [0.2, 0.25) is 0 Å². The fourth-order valence-corrected chi connectivity index (χ4v) is 2.42. The summed E-state index contributed by atoms with van der Waals surface area (Å²) < 4.78 is 14.3. The lowest BCUT2D eigenvalue weighted by Gasteiger charge is -2.18. The molecule has 0 aromatic heterocycles. The minimum atomic E-state index is -0.181. The monoisotopic (exact) mass is 321 g/mol. The first kappa shape index (κ1) is 14.2. The Morgan fingerprint density at radius 1 is 1.21 bits per heavy atom. The van der Waals surface area contributed by atoms with Crippen LogP contribution in [-0.4, -0.2) is 7.05 Å². The Kier molecular flexibility index (Phi) is 4.72. The van der Waals surface area contributed by atoms with Gasteiger partial charge in [0.25, 0.3) is 0 Å². The highest BCUT2D eigenvalue weighted by Gasteiger charge is 2.11. The average molecular weight is 322 g/mol. The van der Waals surface area contributed by atoms with E-state index in [0.29, 0.717) is 0 Å². The molecular weight excluding hydrogens is 305 g/mol. The van der Waals surface area contributed by atoms with E-state index in [-0.39, 0.29) is 11.9 Å². The number of hydrogen-bond donors (Lipinski definition) is 1. The van der Waals surface area contributed by atoms with Gasteiger partial charge in [-0.25, -0.2) is 4.39 Å². The molecule has 0 bridgehead atoms. The number of aryl methyl sites for hydroxylation is 1. The van der Waals surface area contributed by atoms with Crippen LogP contribution in [0, 0.1) is 12.7 Å². The summed E-state index contributed by atoms with van der Waals surface area (Å²) in [6, 6.07) is 13.3. The lowest BCUT2D eigenvalue weighted by Crippen LogP contribution is -2.19. The van der Waals surface area contributed by atoms with Crippen LogP contribution in [0.5, 0.6) is 0 Å². The summed E-state index contributed by atoms with van der Waals surface area (Å²) in [7, 11) is 1.93. The Hall–Kier alpha value is -1.19. The van der Waals surface area contributed by atoms with Crippen LogP contribution in [0.2, 0.25) is 0 Å². The van der Waals surface area contributed by atoms with Crippen molar-refractivity contribution in [3.63, 3.8) is 0 Å². The summed E-state index contributed by atoms with van der Waals surface area (Å²) in [6.45, 7) is 2.07. The molecule has 2 aromatic carbocycles. The standard InChI is InChI=1S/C16H17BrFN/c1-11-8-13(6-7-15(11)17)16(19-2)10-12-4-3-5-14(18)9-12/h3-9,16,19H,10H2,1-2H3. The van der Waals surface area contributed by atoms with Crippen LogP contribution in [0.15, 0.2) is 46.9 Å². The van der Waals surface area contributed by atoms with Crippen molar-refractivity contribution in [1.82, 2.24) is 5.32 Å². The zero-order chi connectivity index (χ0) is 13.8. The number of benzene rings is 2. The Morgan fingerprint density at radius 3 is 2.63 bits per heavy atom. The third-order valence-corrected chi connectivity index (χ3v) is 4.15. The largest absolute Gasteiger partial charge is 0.313 e. The maximum Gasteiger partial charge on any atom is 0.123 e. The number of rotatable bonds is 4. The van der Waals surface area contributed by atoms with Crippen molar-refractivity contribution in [3.05, 3.63) is 69.4 Å². The zero-order valence-electron chi connectivity index (χ0n) is 11.1. The van der Waals surface area contributed by atoms with Gasteiger partial charge in [0.15, 0.2) is 0 Å². The number of nitrogens with one attached hydrogen (secondary N) is 1. The van der Waals surface area contributed by atoms with Gasteiger partial charge in [0.05, 0.1) is 0 Å². The second kappa shape index (κ2) is 6.31. The topological polar surface area (TPSA) is 12.0 Å². The molecule has 1 unspecified atom stereocenters. The SMILES string of the molecule is CNC(Cc1cccc(F)c1)c1ccc(Br)c(C)c1. The molecule has 1 nitrogen and oxygen atoms in total. The molecule has 0 aliphatic heterocycles. The molecule has 0 aliphatic rings. The van der Waals surface area contributed by atoms with Crippen molar-refractivity contribution in [2.45, 2.75) is 19.4 Å². The molecule has 2 aromatic rings. The van der Waals surface area contributed by atoms with Gasteiger partial charge in [-0.15, -0.1) is 0 Å². The van der Waals surface area contributed by atoms with E-state index in [9.17, 15) is 4.39 Å². The van der Waals surface area contributed by atoms with Crippen molar-refractivity contribution in [3.8, 4) is 0 Å². The van der Waals surface area contributed by atoms with Crippen LogP contribution < -0.4 is 5.32 Å². The molecular formula is C16H17BrFN. The van der Waals surface area contributed by atoms with Gasteiger partial charge in [-0.1, -0.05) is 40.2 Å². The molecule has 0 aliphatic carbocycles.